The first-order valence-corrected chi connectivity index (χ1v) is 12.7. The summed E-state index contributed by atoms with van der Waals surface area (Å²) in [5.41, 5.74) is 2.68. The van der Waals surface area contributed by atoms with E-state index in [9.17, 15) is 14.4 Å². The number of ether oxygens (including phenoxy) is 1. The molecular weight excluding hydrogens is 496 g/mol. The maximum atomic E-state index is 13.5. The summed E-state index contributed by atoms with van der Waals surface area (Å²) in [7, 11) is 0. The molecule has 0 atom stereocenters. The van der Waals surface area contributed by atoms with Crippen LogP contribution in [0.3, 0.4) is 0 Å². The number of rotatable bonds is 9. The molecule has 0 fully saturated rings. The SMILES string of the molecule is CCCCOC(=O)c1ccc(N2C(=O)C(Nc3ccc(C)cc3)=C(Sc3ccc(Cl)cc3)C2=O)cc1. The van der Waals surface area contributed by atoms with Crippen LogP contribution in [0.2, 0.25) is 5.02 Å². The third-order valence-electron chi connectivity index (χ3n) is 5.49. The number of nitrogens with zero attached hydrogens (tertiary/aromatic N) is 1. The highest BCUT2D eigenvalue weighted by molar-refractivity contribution is 8.04. The van der Waals surface area contributed by atoms with Crippen LogP contribution in [0.25, 0.3) is 0 Å². The number of carbonyl (C=O) groups excluding carboxylic acids is 3. The highest BCUT2D eigenvalue weighted by Crippen LogP contribution is 2.38. The first-order valence-electron chi connectivity index (χ1n) is 11.5. The second-order valence-electron chi connectivity index (χ2n) is 8.23. The number of unbranched alkanes of at least 4 members (excludes halogenated alkanes) is 1. The first kappa shape index (κ1) is 25.5. The Morgan fingerprint density at radius 1 is 0.944 bits per heavy atom. The fourth-order valence-electron chi connectivity index (χ4n) is 3.49. The van der Waals surface area contributed by atoms with Crippen molar-refractivity contribution in [2.24, 2.45) is 0 Å². The van der Waals surface area contributed by atoms with E-state index in [1.165, 1.54) is 11.8 Å². The van der Waals surface area contributed by atoms with Crippen LogP contribution in [0.1, 0.15) is 35.7 Å². The number of amides is 2. The molecule has 3 aromatic carbocycles. The van der Waals surface area contributed by atoms with Crippen LogP contribution < -0.4 is 10.2 Å². The first-order chi connectivity index (χ1) is 17.4. The van der Waals surface area contributed by atoms with E-state index < -0.39 is 17.8 Å². The number of carbonyl (C=O) groups is 3. The molecule has 0 spiro atoms. The largest absolute Gasteiger partial charge is 0.462 e. The second-order valence-corrected chi connectivity index (χ2v) is 9.75. The summed E-state index contributed by atoms with van der Waals surface area (Å²) in [5.74, 6) is -1.36. The van der Waals surface area contributed by atoms with Crippen LogP contribution in [-0.2, 0) is 14.3 Å². The Bertz CT molecular complexity index is 1230. The van der Waals surface area contributed by atoms with Crippen molar-refractivity contribution >= 4 is 52.5 Å². The standard InChI is InChI=1S/C28H25ClN2O4S/c1-3-4-17-35-28(34)19-7-13-22(14-8-19)31-26(32)24(30-21-11-5-18(2)6-12-21)25(27(31)33)36-23-15-9-20(29)10-16-23/h5-16,30H,3-4,17H2,1-2H3. The predicted octanol–water partition coefficient (Wildman–Crippen LogP) is 6.59. The van der Waals surface area contributed by atoms with Crippen LogP contribution in [0.5, 0.6) is 0 Å². The van der Waals surface area contributed by atoms with Crippen molar-refractivity contribution in [1.82, 2.24) is 0 Å². The molecule has 1 heterocycles. The zero-order valence-electron chi connectivity index (χ0n) is 19.9. The lowest BCUT2D eigenvalue weighted by atomic mass is 10.2. The zero-order chi connectivity index (χ0) is 25.7. The predicted molar refractivity (Wildman–Crippen MR) is 143 cm³/mol. The van der Waals surface area contributed by atoms with Crippen LogP contribution in [0, 0.1) is 6.92 Å². The topological polar surface area (TPSA) is 75.7 Å². The monoisotopic (exact) mass is 520 g/mol. The molecule has 1 aliphatic heterocycles. The molecule has 0 aliphatic carbocycles. The van der Waals surface area contributed by atoms with E-state index in [1.54, 1.807) is 48.5 Å². The summed E-state index contributed by atoms with van der Waals surface area (Å²) >= 11 is 7.20. The average molecular weight is 521 g/mol. The summed E-state index contributed by atoms with van der Waals surface area (Å²) in [4.78, 5) is 41.4. The van der Waals surface area contributed by atoms with Gasteiger partial charge in [0.05, 0.1) is 17.9 Å². The molecule has 0 radical (unpaired) electrons. The molecule has 0 aromatic heterocycles. The molecule has 184 valence electrons. The van der Waals surface area contributed by atoms with Crippen molar-refractivity contribution in [1.29, 1.82) is 0 Å². The summed E-state index contributed by atoms with van der Waals surface area (Å²) in [6.45, 7) is 4.34. The van der Waals surface area contributed by atoms with E-state index in [4.69, 9.17) is 16.3 Å². The minimum atomic E-state index is -0.477. The summed E-state index contributed by atoms with van der Waals surface area (Å²) in [5, 5.41) is 3.71. The molecule has 0 saturated heterocycles. The third kappa shape index (κ3) is 5.80. The fraction of sp³-hybridized carbons (Fsp3) is 0.179. The molecule has 4 rings (SSSR count). The number of anilines is 2. The molecule has 1 aliphatic rings. The fourth-order valence-corrected chi connectivity index (χ4v) is 4.54. The molecule has 2 amide bonds. The number of halogens is 1. The summed E-state index contributed by atoms with van der Waals surface area (Å²) in [6.07, 6.45) is 1.71. The molecular formula is C28H25ClN2O4S. The zero-order valence-corrected chi connectivity index (χ0v) is 21.5. The lowest BCUT2D eigenvalue weighted by Crippen LogP contribution is -2.32. The average Bonchev–Trinajstić information content (AvgIpc) is 3.10. The molecule has 1 N–H and O–H groups in total. The molecule has 8 heteroatoms. The van der Waals surface area contributed by atoms with Crippen LogP contribution >= 0.6 is 23.4 Å². The highest BCUT2D eigenvalue weighted by atomic mass is 35.5. The normalized spacial score (nSPS) is 13.4. The van der Waals surface area contributed by atoms with Gasteiger partial charge in [-0.3, -0.25) is 9.59 Å². The number of benzene rings is 3. The van der Waals surface area contributed by atoms with E-state index in [1.807, 2.05) is 38.1 Å². The Labute approximate surface area is 219 Å². The Morgan fingerprint density at radius 3 is 2.25 bits per heavy atom. The van der Waals surface area contributed by atoms with E-state index in [2.05, 4.69) is 5.32 Å². The third-order valence-corrected chi connectivity index (χ3v) is 6.83. The molecule has 3 aromatic rings. The van der Waals surface area contributed by atoms with Gasteiger partial charge in [-0.05, 0) is 74.0 Å². The van der Waals surface area contributed by atoms with Gasteiger partial charge < -0.3 is 10.1 Å². The van der Waals surface area contributed by atoms with Gasteiger partial charge in [0.2, 0.25) is 0 Å². The van der Waals surface area contributed by atoms with Gasteiger partial charge in [-0.25, -0.2) is 9.69 Å². The number of hydrogen-bond acceptors (Lipinski definition) is 6. The van der Waals surface area contributed by atoms with Crippen LogP contribution in [0.4, 0.5) is 11.4 Å². The minimum Gasteiger partial charge on any atom is -0.462 e. The molecule has 36 heavy (non-hydrogen) atoms. The second kappa shape index (κ2) is 11.5. The van der Waals surface area contributed by atoms with Gasteiger partial charge >= 0.3 is 5.97 Å². The van der Waals surface area contributed by atoms with Crippen LogP contribution in [0.15, 0.2) is 88.3 Å². The van der Waals surface area contributed by atoms with Gasteiger partial charge in [0.15, 0.2) is 0 Å². The van der Waals surface area contributed by atoms with Crippen molar-refractivity contribution in [3.05, 3.63) is 99.5 Å². The highest BCUT2D eigenvalue weighted by Gasteiger charge is 2.40. The van der Waals surface area contributed by atoms with E-state index in [0.29, 0.717) is 28.6 Å². The molecule has 6 nitrogen and oxygen atoms in total. The Hall–Kier alpha value is -3.55. The Balaban J connectivity index is 1.62. The maximum Gasteiger partial charge on any atom is 0.338 e. The maximum absolute atomic E-state index is 13.5. The Morgan fingerprint density at radius 2 is 1.61 bits per heavy atom. The molecule has 0 saturated carbocycles. The summed E-state index contributed by atoms with van der Waals surface area (Å²) in [6, 6.07) is 20.9. The van der Waals surface area contributed by atoms with Crippen molar-refractivity contribution in [2.75, 3.05) is 16.8 Å². The number of aryl methyl sites for hydroxylation is 1. The van der Waals surface area contributed by atoms with Crippen molar-refractivity contribution in [3.63, 3.8) is 0 Å². The van der Waals surface area contributed by atoms with Crippen molar-refractivity contribution < 1.29 is 19.1 Å². The lowest BCUT2D eigenvalue weighted by Gasteiger charge is -2.16. The van der Waals surface area contributed by atoms with Gasteiger partial charge in [0.1, 0.15) is 10.6 Å². The van der Waals surface area contributed by atoms with Gasteiger partial charge in [-0.2, -0.15) is 0 Å². The lowest BCUT2D eigenvalue weighted by molar-refractivity contribution is -0.120. The number of nitrogens with one attached hydrogen (secondary N) is 1. The minimum absolute atomic E-state index is 0.187. The van der Waals surface area contributed by atoms with Gasteiger partial charge in [-0.15, -0.1) is 0 Å². The van der Waals surface area contributed by atoms with Crippen LogP contribution in [-0.4, -0.2) is 24.4 Å². The summed E-state index contributed by atoms with van der Waals surface area (Å²) < 4.78 is 5.24. The van der Waals surface area contributed by atoms with E-state index >= 15 is 0 Å². The van der Waals surface area contributed by atoms with Crippen molar-refractivity contribution in [2.45, 2.75) is 31.6 Å². The van der Waals surface area contributed by atoms with Gasteiger partial charge in [0.25, 0.3) is 11.8 Å². The van der Waals surface area contributed by atoms with E-state index in [0.717, 1.165) is 28.2 Å². The Kier molecular flexibility index (Phi) is 8.13. The van der Waals surface area contributed by atoms with Gasteiger partial charge in [-0.1, -0.05) is 54.4 Å². The quantitative estimate of drug-likeness (QED) is 0.195. The number of thioether (sulfide) groups is 1. The van der Waals surface area contributed by atoms with E-state index in [-0.39, 0.29) is 10.6 Å². The molecule has 0 bridgehead atoms. The van der Waals surface area contributed by atoms with Gasteiger partial charge in [0, 0.05) is 15.6 Å². The number of esters is 1. The molecule has 0 unspecified atom stereocenters. The number of hydrogen-bond donors (Lipinski definition) is 1. The van der Waals surface area contributed by atoms with Crippen molar-refractivity contribution in [3.8, 4) is 0 Å². The number of imide groups is 1. The smallest absolute Gasteiger partial charge is 0.338 e.